The minimum absolute atomic E-state index is 0.298. The second-order valence-corrected chi connectivity index (χ2v) is 5.21. The maximum absolute atomic E-state index is 6.11. The zero-order valence-corrected chi connectivity index (χ0v) is 12.0. The van der Waals surface area contributed by atoms with Gasteiger partial charge in [0.25, 0.3) is 0 Å². The highest BCUT2D eigenvalue weighted by Crippen LogP contribution is 2.30. The van der Waals surface area contributed by atoms with Crippen LogP contribution in [0.15, 0.2) is 34.8 Å². The molecule has 0 aliphatic rings. The zero-order valence-electron chi connectivity index (χ0n) is 9.61. The summed E-state index contributed by atoms with van der Waals surface area (Å²) in [6, 6.07) is 9.84. The van der Waals surface area contributed by atoms with Gasteiger partial charge in [0.1, 0.15) is 5.15 Å². The highest BCUT2D eigenvalue weighted by molar-refractivity contribution is 9.10. The van der Waals surface area contributed by atoms with Crippen molar-refractivity contribution in [2.24, 2.45) is 0 Å². The Morgan fingerprint density at radius 3 is 2.35 bits per heavy atom. The Balaban J connectivity index is 2.57. The first-order chi connectivity index (χ1) is 8.09. The molecule has 0 aliphatic carbocycles. The van der Waals surface area contributed by atoms with E-state index in [-0.39, 0.29) is 0 Å². The van der Waals surface area contributed by atoms with Crippen molar-refractivity contribution < 1.29 is 0 Å². The van der Waals surface area contributed by atoms with Crippen LogP contribution < -0.4 is 0 Å². The molecule has 2 aromatic rings. The summed E-state index contributed by atoms with van der Waals surface area (Å²) in [7, 11) is 0. The van der Waals surface area contributed by atoms with E-state index in [1.165, 1.54) is 0 Å². The van der Waals surface area contributed by atoms with Gasteiger partial charge in [-0.2, -0.15) is 0 Å². The SMILES string of the molecule is CC(C)c1nc(-c2ccccc2)nc(Cl)c1Br. The predicted octanol–water partition coefficient (Wildman–Crippen LogP) is 4.68. The third-order valence-corrected chi connectivity index (χ3v) is 3.70. The van der Waals surface area contributed by atoms with Gasteiger partial charge in [-0.15, -0.1) is 0 Å². The minimum atomic E-state index is 0.298. The lowest BCUT2D eigenvalue weighted by Crippen LogP contribution is -2.00. The van der Waals surface area contributed by atoms with Crippen LogP contribution in [-0.2, 0) is 0 Å². The highest BCUT2D eigenvalue weighted by atomic mass is 79.9. The Hall–Kier alpha value is -0.930. The van der Waals surface area contributed by atoms with Crippen LogP contribution in [0.4, 0.5) is 0 Å². The summed E-state index contributed by atoms with van der Waals surface area (Å²) in [5.41, 5.74) is 1.91. The lowest BCUT2D eigenvalue weighted by molar-refractivity contribution is 0.809. The molecule has 0 unspecified atom stereocenters. The molecule has 0 amide bonds. The summed E-state index contributed by atoms with van der Waals surface area (Å²) in [4.78, 5) is 8.85. The molecule has 2 nitrogen and oxygen atoms in total. The van der Waals surface area contributed by atoms with Crippen molar-refractivity contribution in [1.29, 1.82) is 0 Å². The van der Waals surface area contributed by atoms with Crippen LogP contribution in [0.3, 0.4) is 0 Å². The molecule has 0 atom stereocenters. The van der Waals surface area contributed by atoms with Crippen LogP contribution in [-0.4, -0.2) is 9.97 Å². The van der Waals surface area contributed by atoms with Gasteiger partial charge in [0, 0.05) is 5.56 Å². The molecule has 0 radical (unpaired) electrons. The average Bonchev–Trinajstić information content (AvgIpc) is 2.33. The Bertz CT molecular complexity index is 526. The first kappa shape index (κ1) is 12.5. The molecular formula is C13H12BrClN2. The van der Waals surface area contributed by atoms with Crippen LogP contribution in [0, 0.1) is 0 Å². The Morgan fingerprint density at radius 1 is 1.12 bits per heavy atom. The number of hydrogen-bond acceptors (Lipinski definition) is 2. The summed E-state index contributed by atoms with van der Waals surface area (Å²) in [5, 5.41) is 0.461. The van der Waals surface area contributed by atoms with Crippen LogP contribution >= 0.6 is 27.5 Å². The van der Waals surface area contributed by atoms with Crippen molar-refractivity contribution in [1.82, 2.24) is 9.97 Å². The zero-order chi connectivity index (χ0) is 12.4. The maximum Gasteiger partial charge on any atom is 0.161 e. The van der Waals surface area contributed by atoms with Crippen molar-refractivity contribution in [3.63, 3.8) is 0 Å². The third-order valence-electron chi connectivity index (χ3n) is 2.42. The molecular weight excluding hydrogens is 300 g/mol. The average molecular weight is 312 g/mol. The Kier molecular flexibility index (Phi) is 3.79. The minimum Gasteiger partial charge on any atom is -0.232 e. The van der Waals surface area contributed by atoms with Crippen molar-refractivity contribution in [2.45, 2.75) is 19.8 Å². The van der Waals surface area contributed by atoms with E-state index < -0.39 is 0 Å². The first-order valence-corrected chi connectivity index (χ1v) is 6.55. The Morgan fingerprint density at radius 2 is 1.76 bits per heavy atom. The van der Waals surface area contributed by atoms with E-state index in [0.717, 1.165) is 15.7 Å². The normalized spacial score (nSPS) is 10.9. The monoisotopic (exact) mass is 310 g/mol. The quantitative estimate of drug-likeness (QED) is 0.752. The lowest BCUT2D eigenvalue weighted by Gasteiger charge is -2.10. The molecule has 0 fully saturated rings. The summed E-state index contributed by atoms with van der Waals surface area (Å²) >= 11 is 9.55. The first-order valence-electron chi connectivity index (χ1n) is 5.38. The third kappa shape index (κ3) is 2.67. The highest BCUT2D eigenvalue weighted by Gasteiger charge is 2.14. The molecule has 2 rings (SSSR count). The van der Waals surface area contributed by atoms with E-state index in [1.54, 1.807) is 0 Å². The molecule has 0 saturated heterocycles. The molecule has 17 heavy (non-hydrogen) atoms. The summed E-state index contributed by atoms with van der Waals surface area (Å²) in [6.45, 7) is 4.16. The number of aromatic nitrogens is 2. The van der Waals surface area contributed by atoms with E-state index in [9.17, 15) is 0 Å². The number of nitrogens with zero attached hydrogens (tertiary/aromatic N) is 2. The molecule has 0 aliphatic heterocycles. The molecule has 1 aromatic carbocycles. The van der Waals surface area contributed by atoms with Gasteiger partial charge in [-0.05, 0) is 21.8 Å². The van der Waals surface area contributed by atoms with Crippen LogP contribution in [0.1, 0.15) is 25.5 Å². The second-order valence-electron chi connectivity index (χ2n) is 4.06. The van der Waals surface area contributed by atoms with E-state index >= 15 is 0 Å². The number of rotatable bonds is 2. The topological polar surface area (TPSA) is 25.8 Å². The van der Waals surface area contributed by atoms with Crippen molar-refractivity contribution in [3.8, 4) is 11.4 Å². The number of halogens is 2. The van der Waals surface area contributed by atoms with Crippen LogP contribution in [0.2, 0.25) is 5.15 Å². The van der Waals surface area contributed by atoms with E-state index in [4.69, 9.17) is 11.6 Å². The van der Waals surface area contributed by atoms with Gasteiger partial charge < -0.3 is 0 Å². The molecule has 0 bridgehead atoms. The van der Waals surface area contributed by atoms with Crippen molar-refractivity contribution in [2.75, 3.05) is 0 Å². The van der Waals surface area contributed by atoms with Gasteiger partial charge in [-0.3, -0.25) is 0 Å². The molecule has 0 spiro atoms. The van der Waals surface area contributed by atoms with Gasteiger partial charge in [0.05, 0.1) is 10.2 Å². The molecule has 1 aromatic heterocycles. The maximum atomic E-state index is 6.11. The second kappa shape index (κ2) is 5.15. The smallest absolute Gasteiger partial charge is 0.161 e. The lowest BCUT2D eigenvalue weighted by atomic mass is 10.1. The van der Waals surface area contributed by atoms with Gasteiger partial charge in [0.2, 0.25) is 0 Å². The summed E-state index contributed by atoms with van der Waals surface area (Å²) in [6.07, 6.45) is 0. The fourth-order valence-corrected chi connectivity index (χ4v) is 2.35. The predicted molar refractivity (Wildman–Crippen MR) is 74.3 cm³/mol. The Labute approximate surface area is 114 Å². The number of hydrogen-bond donors (Lipinski definition) is 0. The van der Waals surface area contributed by atoms with Gasteiger partial charge in [0.15, 0.2) is 5.82 Å². The largest absolute Gasteiger partial charge is 0.232 e. The van der Waals surface area contributed by atoms with Gasteiger partial charge >= 0.3 is 0 Å². The van der Waals surface area contributed by atoms with Crippen LogP contribution in [0.5, 0.6) is 0 Å². The fourth-order valence-electron chi connectivity index (χ4n) is 1.53. The fraction of sp³-hybridized carbons (Fsp3) is 0.231. The number of benzene rings is 1. The van der Waals surface area contributed by atoms with E-state index in [1.807, 2.05) is 30.3 Å². The van der Waals surface area contributed by atoms with Crippen molar-refractivity contribution in [3.05, 3.63) is 45.7 Å². The summed E-state index contributed by atoms with van der Waals surface area (Å²) in [5.74, 6) is 0.967. The van der Waals surface area contributed by atoms with Gasteiger partial charge in [-0.1, -0.05) is 55.8 Å². The standard InChI is InChI=1S/C13H12BrClN2/c1-8(2)11-10(14)12(15)17-13(16-11)9-6-4-3-5-7-9/h3-8H,1-2H3. The van der Waals surface area contributed by atoms with Crippen molar-refractivity contribution >= 4 is 27.5 Å². The molecule has 1 heterocycles. The molecule has 0 N–H and O–H groups in total. The molecule has 88 valence electrons. The van der Waals surface area contributed by atoms with E-state index in [0.29, 0.717) is 16.9 Å². The van der Waals surface area contributed by atoms with E-state index in [2.05, 4.69) is 39.7 Å². The van der Waals surface area contributed by atoms with Crippen LogP contribution in [0.25, 0.3) is 11.4 Å². The molecule has 4 heteroatoms. The molecule has 0 saturated carbocycles. The summed E-state index contributed by atoms with van der Waals surface area (Å²) < 4.78 is 0.786. The van der Waals surface area contributed by atoms with Gasteiger partial charge in [-0.25, -0.2) is 9.97 Å².